The predicted octanol–water partition coefficient (Wildman–Crippen LogP) is 2.39. The third kappa shape index (κ3) is 2.04. The van der Waals surface area contributed by atoms with Gasteiger partial charge in [-0.25, -0.2) is 0 Å². The molecule has 1 aromatic heterocycles. The number of nitrogens with one attached hydrogen (secondary N) is 2. The maximum atomic E-state index is 11.4. The van der Waals surface area contributed by atoms with E-state index in [0.29, 0.717) is 6.42 Å². The molecular weight excluding hydrogens is 240 g/mol. The Kier molecular flexibility index (Phi) is 2.87. The highest BCUT2D eigenvalue weighted by Crippen LogP contribution is 2.30. The summed E-state index contributed by atoms with van der Waals surface area (Å²) in [5, 5.41) is 6.11. The number of rotatable bonds is 3. The molecule has 98 valence electrons. The summed E-state index contributed by atoms with van der Waals surface area (Å²) in [6.07, 6.45) is 2.16. The minimum absolute atomic E-state index is 0.0102. The predicted molar refractivity (Wildman–Crippen MR) is 73.1 cm³/mol. The van der Waals surface area contributed by atoms with Gasteiger partial charge in [-0.2, -0.15) is 0 Å². The van der Waals surface area contributed by atoms with Crippen LogP contribution in [0.1, 0.15) is 28.5 Å². The third-order valence-corrected chi connectivity index (χ3v) is 3.54. The summed E-state index contributed by atoms with van der Waals surface area (Å²) in [5.74, 6) is 0.974. The summed E-state index contributed by atoms with van der Waals surface area (Å²) in [5.41, 5.74) is 4.19. The summed E-state index contributed by atoms with van der Waals surface area (Å²) >= 11 is 0. The van der Waals surface area contributed by atoms with E-state index in [1.54, 1.807) is 6.26 Å². The lowest BCUT2D eigenvalue weighted by atomic mass is 9.99. The molecule has 1 unspecified atom stereocenters. The molecular formula is C15H16N2O2. The highest BCUT2D eigenvalue weighted by Gasteiger charge is 2.22. The summed E-state index contributed by atoms with van der Waals surface area (Å²) in [7, 11) is 1.91. The number of anilines is 1. The number of hydrogen-bond donors (Lipinski definition) is 2. The molecule has 2 aromatic rings. The largest absolute Gasteiger partial charge is 0.467 e. The van der Waals surface area contributed by atoms with Gasteiger partial charge in [0.25, 0.3) is 0 Å². The molecule has 0 fully saturated rings. The number of furan rings is 1. The number of carbonyl (C=O) groups excluding carboxylic acids is 1. The zero-order valence-electron chi connectivity index (χ0n) is 11.0. The van der Waals surface area contributed by atoms with Crippen LogP contribution in [0.5, 0.6) is 0 Å². The maximum absolute atomic E-state index is 11.4. The van der Waals surface area contributed by atoms with E-state index in [0.717, 1.165) is 28.1 Å². The lowest BCUT2D eigenvalue weighted by Crippen LogP contribution is -2.18. The minimum atomic E-state index is 0.0102. The molecule has 4 nitrogen and oxygen atoms in total. The first-order chi connectivity index (χ1) is 9.19. The van der Waals surface area contributed by atoms with E-state index in [2.05, 4.69) is 16.7 Å². The van der Waals surface area contributed by atoms with Gasteiger partial charge in [0.15, 0.2) is 0 Å². The summed E-state index contributed by atoms with van der Waals surface area (Å²) in [4.78, 5) is 11.4. The van der Waals surface area contributed by atoms with Crippen molar-refractivity contribution in [3.8, 4) is 0 Å². The van der Waals surface area contributed by atoms with Gasteiger partial charge in [0.1, 0.15) is 5.76 Å². The molecule has 2 heterocycles. The molecule has 0 aliphatic carbocycles. The van der Waals surface area contributed by atoms with Gasteiger partial charge in [-0.15, -0.1) is 0 Å². The fourth-order valence-corrected chi connectivity index (χ4v) is 2.56. The van der Waals surface area contributed by atoms with Crippen molar-refractivity contribution in [3.63, 3.8) is 0 Å². The van der Waals surface area contributed by atoms with Crippen molar-refractivity contribution in [1.82, 2.24) is 5.32 Å². The monoisotopic (exact) mass is 256 g/mol. The van der Waals surface area contributed by atoms with Crippen molar-refractivity contribution >= 4 is 11.6 Å². The fraction of sp³-hybridized carbons (Fsp3) is 0.267. The Hall–Kier alpha value is -2.07. The molecule has 1 aliphatic rings. The van der Waals surface area contributed by atoms with Crippen molar-refractivity contribution in [2.45, 2.75) is 19.4 Å². The molecule has 19 heavy (non-hydrogen) atoms. The van der Waals surface area contributed by atoms with Crippen molar-refractivity contribution in [2.24, 2.45) is 0 Å². The van der Waals surface area contributed by atoms with Crippen LogP contribution in [0.4, 0.5) is 5.69 Å². The van der Waals surface area contributed by atoms with Crippen molar-refractivity contribution in [3.05, 3.63) is 53.0 Å². The van der Waals surface area contributed by atoms with Gasteiger partial charge < -0.3 is 15.1 Å². The SMILES string of the molecule is CNC(c1ccc2c(c1)CC(=O)N2)c1occc1C. The second kappa shape index (κ2) is 4.55. The zero-order valence-corrected chi connectivity index (χ0v) is 11.0. The lowest BCUT2D eigenvalue weighted by molar-refractivity contribution is -0.115. The fourth-order valence-electron chi connectivity index (χ4n) is 2.56. The number of amides is 1. The first-order valence-corrected chi connectivity index (χ1v) is 6.33. The van der Waals surface area contributed by atoms with E-state index < -0.39 is 0 Å². The van der Waals surface area contributed by atoms with Crippen LogP contribution in [0.15, 0.2) is 34.9 Å². The van der Waals surface area contributed by atoms with Gasteiger partial charge >= 0.3 is 0 Å². The van der Waals surface area contributed by atoms with Crippen molar-refractivity contribution < 1.29 is 9.21 Å². The van der Waals surface area contributed by atoms with Gasteiger partial charge in [-0.05, 0) is 42.8 Å². The Labute approximate surface area is 111 Å². The van der Waals surface area contributed by atoms with Gasteiger partial charge in [0, 0.05) is 5.69 Å². The third-order valence-electron chi connectivity index (χ3n) is 3.54. The molecule has 0 saturated carbocycles. The second-order valence-electron chi connectivity index (χ2n) is 4.83. The van der Waals surface area contributed by atoms with Crippen LogP contribution in [0.25, 0.3) is 0 Å². The quantitative estimate of drug-likeness (QED) is 0.886. The van der Waals surface area contributed by atoms with Crippen LogP contribution >= 0.6 is 0 Å². The smallest absolute Gasteiger partial charge is 0.228 e. The standard InChI is InChI=1S/C15H16N2O2/c1-9-5-6-19-15(9)14(16-2)10-3-4-12-11(7-10)8-13(18)17-12/h3-7,14,16H,8H2,1-2H3,(H,17,18). The molecule has 0 spiro atoms. The zero-order chi connectivity index (χ0) is 13.4. The maximum Gasteiger partial charge on any atom is 0.228 e. The van der Waals surface area contributed by atoms with Gasteiger partial charge in [-0.3, -0.25) is 4.79 Å². The topological polar surface area (TPSA) is 54.3 Å². The van der Waals surface area contributed by atoms with Crippen molar-refractivity contribution in [1.29, 1.82) is 0 Å². The average molecular weight is 256 g/mol. The van der Waals surface area contributed by atoms with Crippen LogP contribution < -0.4 is 10.6 Å². The summed E-state index contributed by atoms with van der Waals surface area (Å²) in [6, 6.07) is 8.01. The molecule has 1 aliphatic heterocycles. The first kappa shape index (κ1) is 12.0. The van der Waals surface area contributed by atoms with Gasteiger partial charge in [-0.1, -0.05) is 12.1 Å². The highest BCUT2D eigenvalue weighted by atomic mass is 16.3. The molecule has 3 rings (SSSR count). The van der Waals surface area contributed by atoms with Crippen LogP contribution in [0, 0.1) is 6.92 Å². The molecule has 1 aromatic carbocycles. The summed E-state index contributed by atoms with van der Waals surface area (Å²) < 4.78 is 5.57. The van der Waals surface area contributed by atoms with E-state index in [4.69, 9.17) is 4.42 Å². The van der Waals surface area contributed by atoms with E-state index in [1.807, 2.05) is 32.2 Å². The van der Waals surface area contributed by atoms with E-state index in [1.165, 1.54) is 0 Å². The number of hydrogen-bond acceptors (Lipinski definition) is 3. The van der Waals surface area contributed by atoms with E-state index in [-0.39, 0.29) is 11.9 Å². The van der Waals surface area contributed by atoms with Crippen LogP contribution in [-0.2, 0) is 11.2 Å². The Morgan fingerprint density at radius 1 is 1.37 bits per heavy atom. The molecule has 2 N–H and O–H groups in total. The molecule has 4 heteroatoms. The lowest BCUT2D eigenvalue weighted by Gasteiger charge is -2.16. The number of aryl methyl sites for hydroxylation is 1. The van der Waals surface area contributed by atoms with Gasteiger partial charge in [0.2, 0.25) is 5.91 Å². The number of benzene rings is 1. The van der Waals surface area contributed by atoms with Crippen LogP contribution in [-0.4, -0.2) is 13.0 Å². The Balaban J connectivity index is 2.00. The van der Waals surface area contributed by atoms with Crippen molar-refractivity contribution in [2.75, 3.05) is 12.4 Å². The van der Waals surface area contributed by atoms with Gasteiger partial charge in [0.05, 0.1) is 18.7 Å². The Morgan fingerprint density at radius 2 is 2.21 bits per heavy atom. The normalized spacial score (nSPS) is 15.2. The Bertz CT molecular complexity index is 631. The molecule has 0 bridgehead atoms. The van der Waals surface area contributed by atoms with E-state index >= 15 is 0 Å². The van der Waals surface area contributed by atoms with Crippen LogP contribution in [0.2, 0.25) is 0 Å². The minimum Gasteiger partial charge on any atom is -0.467 e. The molecule has 0 saturated heterocycles. The first-order valence-electron chi connectivity index (χ1n) is 6.33. The second-order valence-corrected chi connectivity index (χ2v) is 4.83. The molecule has 1 atom stereocenters. The number of carbonyl (C=O) groups is 1. The highest BCUT2D eigenvalue weighted by molar-refractivity contribution is 5.99. The average Bonchev–Trinajstić information content (AvgIpc) is 2.95. The molecule has 1 amide bonds. The summed E-state index contributed by atoms with van der Waals surface area (Å²) in [6.45, 7) is 2.03. The Morgan fingerprint density at radius 3 is 2.89 bits per heavy atom. The molecule has 0 radical (unpaired) electrons. The number of fused-ring (bicyclic) bond motifs is 1. The van der Waals surface area contributed by atoms with Crippen LogP contribution in [0.3, 0.4) is 0 Å². The van der Waals surface area contributed by atoms with E-state index in [9.17, 15) is 4.79 Å².